The predicted octanol–water partition coefficient (Wildman–Crippen LogP) is 1.66. The molecule has 1 heterocycles. The molecule has 1 aromatic rings. The lowest BCUT2D eigenvalue weighted by Crippen LogP contribution is -2.42. The van der Waals surface area contributed by atoms with Crippen LogP contribution in [0.25, 0.3) is 0 Å². The fraction of sp³-hybridized carbons (Fsp3) is 0.533. The number of anilines is 1. The third-order valence-corrected chi connectivity index (χ3v) is 5.38. The number of rotatable bonds is 4. The standard InChI is InChI=1S/C15H22N2O3S/c1-11(2)15(7-8-16-10-15)14(18)17-12-5-4-6-13(9-12)21(3,19)20/h4-6,9,11,16H,7-8,10H2,1-3H3,(H,17,18). The molecule has 2 N–H and O–H groups in total. The number of carbonyl (C=O) groups excluding carboxylic acids is 1. The molecule has 5 nitrogen and oxygen atoms in total. The Morgan fingerprint density at radius 1 is 1.38 bits per heavy atom. The first kappa shape index (κ1) is 16.0. The molecule has 1 fully saturated rings. The Hall–Kier alpha value is -1.40. The second-order valence-corrected chi connectivity index (χ2v) is 8.01. The summed E-state index contributed by atoms with van der Waals surface area (Å²) in [4.78, 5) is 12.9. The summed E-state index contributed by atoms with van der Waals surface area (Å²) in [5.41, 5.74) is 0.0935. The van der Waals surface area contributed by atoms with Gasteiger partial charge in [0.25, 0.3) is 0 Å². The van der Waals surface area contributed by atoms with E-state index in [9.17, 15) is 13.2 Å². The van der Waals surface area contributed by atoms with Gasteiger partial charge in [0.15, 0.2) is 9.84 Å². The Balaban J connectivity index is 2.24. The average Bonchev–Trinajstić information content (AvgIpc) is 2.88. The third kappa shape index (κ3) is 3.27. The van der Waals surface area contributed by atoms with Gasteiger partial charge >= 0.3 is 0 Å². The van der Waals surface area contributed by atoms with Crippen molar-refractivity contribution in [1.29, 1.82) is 0 Å². The Morgan fingerprint density at radius 3 is 2.62 bits per heavy atom. The van der Waals surface area contributed by atoms with Crippen LogP contribution in [0.15, 0.2) is 29.2 Å². The Bertz CT molecular complexity index is 632. The first-order valence-corrected chi connectivity index (χ1v) is 8.97. The number of nitrogens with one attached hydrogen (secondary N) is 2. The molecule has 0 aliphatic carbocycles. The zero-order valence-corrected chi connectivity index (χ0v) is 13.5. The molecule has 1 unspecified atom stereocenters. The van der Waals surface area contributed by atoms with Crippen LogP contribution in [0.5, 0.6) is 0 Å². The number of hydrogen-bond donors (Lipinski definition) is 2. The van der Waals surface area contributed by atoms with Crippen LogP contribution in [0.3, 0.4) is 0 Å². The third-order valence-electron chi connectivity index (χ3n) is 4.27. The van der Waals surface area contributed by atoms with Crippen LogP contribution < -0.4 is 10.6 Å². The van der Waals surface area contributed by atoms with Gasteiger partial charge in [0.2, 0.25) is 5.91 Å². The van der Waals surface area contributed by atoms with Crippen LogP contribution >= 0.6 is 0 Å². The molecular weight excluding hydrogens is 288 g/mol. The Morgan fingerprint density at radius 2 is 2.10 bits per heavy atom. The van der Waals surface area contributed by atoms with E-state index in [-0.39, 0.29) is 16.7 Å². The van der Waals surface area contributed by atoms with Gasteiger partial charge in [-0.25, -0.2) is 8.42 Å². The zero-order valence-electron chi connectivity index (χ0n) is 12.6. The van der Waals surface area contributed by atoms with Gasteiger partial charge in [-0.05, 0) is 37.1 Å². The lowest BCUT2D eigenvalue weighted by atomic mass is 9.75. The summed E-state index contributed by atoms with van der Waals surface area (Å²) in [7, 11) is -3.28. The number of amides is 1. The summed E-state index contributed by atoms with van der Waals surface area (Å²) in [6.45, 7) is 5.57. The molecule has 0 radical (unpaired) electrons. The molecule has 1 amide bonds. The molecule has 1 atom stereocenters. The van der Waals surface area contributed by atoms with E-state index < -0.39 is 15.3 Å². The van der Waals surface area contributed by atoms with Gasteiger partial charge in [-0.15, -0.1) is 0 Å². The van der Waals surface area contributed by atoms with Crippen molar-refractivity contribution in [2.45, 2.75) is 25.2 Å². The van der Waals surface area contributed by atoms with Crippen LogP contribution in [0.4, 0.5) is 5.69 Å². The Labute approximate surface area is 126 Å². The number of sulfone groups is 1. The lowest BCUT2D eigenvalue weighted by Gasteiger charge is -2.31. The smallest absolute Gasteiger partial charge is 0.232 e. The molecule has 0 saturated carbocycles. The van der Waals surface area contributed by atoms with Crippen LogP contribution in [0.1, 0.15) is 20.3 Å². The molecular formula is C15H22N2O3S. The highest BCUT2D eigenvalue weighted by Crippen LogP contribution is 2.35. The van der Waals surface area contributed by atoms with Gasteiger partial charge in [-0.3, -0.25) is 4.79 Å². The summed E-state index contributed by atoms with van der Waals surface area (Å²) >= 11 is 0. The summed E-state index contributed by atoms with van der Waals surface area (Å²) in [5.74, 6) is 0.166. The molecule has 6 heteroatoms. The van der Waals surface area contributed by atoms with Gasteiger partial charge in [0.05, 0.1) is 10.3 Å². The molecule has 1 aromatic carbocycles. The van der Waals surface area contributed by atoms with Gasteiger partial charge < -0.3 is 10.6 Å². The van der Waals surface area contributed by atoms with Gasteiger partial charge in [0, 0.05) is 18.5 Å². The molecule has 1 aliphatic heterocycles. The number of carbonyl (C=O) groups is 1. The van der Waals surface area contributed by atoms with E-state index in [0.717, 1.165) is 19.2 Å². The minimum atomic E-state index is -3.28. The number of benzene rings is 1. The maximum Gasteiger partial charge on any atom is 0.232 e. The van der Waals surface area contributed by atoms with E-state index in [4.69, 9.17) is 0 Å². The fourth-order valence-corrected chi connectivity index (χ4v) is 3.39. The summed E-state index contributed by atoms with van der Waals surface area (Å²) < 4.78 is 23.2. The van der Waals surface area contributed by atoms with E-state index in [2.05, 4.69) is 10.6 Å². The molecule has 2 rings (SSSR count). The predicted molar refractivity (Wildman–Crippen MR) is 82.9 cm³/mol. The van der Waals surface area contributed by atoms with Gasteiger partial charge in [-0.2, -0.15) is 0 Å². The van der Waals surface area contributed by atoms with Crippen LogP contribution in [0.2, 0.25) is 0 Å². The topological polar surface area (TPSA) is 75.3 Å². The molecule has 0 aromatic heterocycles. The van der Waals surface area contributed by atoms with Gasteiger partial charge in [-0.1, -0.05) is 19.9 Å². The normalized spacial score (nSPS) is 22.5. The zero-order chi connectivity index (χ0) is 15.7. The highest BCUT2D eigenvalue weighted by Gasteiger charge is 2.43. The van der Waals surface area contributed by atoms with E-state index in [1.807, 2.05) is 13.8 Å². The summed E-state index contributed by atoms with van der Waals surface area (Å²) in [5, 5.41) is 6.12. The summed E-state index contributed by atoms with van der Waals surface area (Å²) in [6.07, 6.45) is 1.95. The van der Waals surface area contributed by atoms with Crippen molar-refractivity contribution in [3.63, 3.8) is 0 Å². The van der Waals surface area contributed by atoms with Crippen molar-refractivity contribution >= 4 is 21.4 Å². The minimum absolute atomic E-state index is 0.0480. The summed E-state index contributed by atoms with van der Waals surface area (Å²) in [6, 6.07) is 6.38. The quantitative estimate of drug-likeness (QED) is 0.887. The van der Waals surface area contributed by atoms with E-state index in [0.29, 0.717) is 12.2 Å². The van der Waals surface area contributed by atoms with E-state index >= 15 is 0 Å². The lowest BCUT2D eigenvalue weighted by molar-refractivity contribution is -0.126. The largest absolute Gasteiger partial charge is 0.326 e. The van der Waals surface area contributed by atoms with E-state index in [1.54, 1.807) is 12.1 Å². The van der Waals surface area contributed by atoms with Crippen molar-refractivity contribution in [1.82, 2.24) is 5.32 Å². The maximum atomic E-state index is 12.6. The van der Waals surface area contributed by atoms with Crippen molar-refractivity contribution in [2.75, 3.05) is 24.7 Å². The van der Waals surface area contributed by atoms with Crippen molar-refractivity contribution < 1.29 is 13.2 Å². The van der Waals surface area contributed by atoms with Crippen LogP contribution in [0, 0.1) is 11.3 Å². The maximum absolute atomic E-state index is 12.6. The van der Waals surface area contributed by atoms with Gasteiger partial charge in [0.1, 0.15) is 0 Å². The number of hydrogen-bond acceptors (Lipinski definition) is 4. The monoisotopic (exact) mass is 310 g/mol. The molecule has 1 saturated heterocycles. The molecule has 116 valence electrons. The Kier molecular flexibility index (Phi) is 4.39. The molecule has 1 aliphatic rings. The fourth-order valence-electron chi connectivity index (χ4n) is 2.72. The van der Waals surface area contributed by atoms with Crippen molar-refractivity contribution in [2.24, 2.45) is 11.3 Å². The first-order chi connectivity index (χ1) is 9.75. The molecule has 21 heavy (non-hydrogen) atoms. The first-order valence-electron chi connectivity index (χ1n) is 7.08. The minimum Gasteiger partial charge on any atom is -0.326 e. The van der Waals surface area contributed by atoms with Crippen molar-refractivity contribution in [3.8, 4) is 0 Å². The second kappa shape index (κ2) is 5.77. The van der Waals surface area contributed by atoms with Crippen molar-refractivity contribution in [3.05, 3.63) is 24.3 Å². The molecule has 0 spiro atoms. The van der Waals surface area contributed by atoms with E-state index in [1.165, 1.54) is 12.1 Å². The average molecular weight is 310 g/mol. The highest BCUT2D eigenvalue weighted by molar-refractivity contribution is 7.90. The second-order valence-electron chi connectivity index (χ2n) is 5.99. The molecule has 0 bridgehead atoms. The highest BCUT2D eigenvalue weighted by atomic mass is 32.2. The van der Waals surface area contributed by atoms with Crippen LogP contribution in [-0.4, -0.2) is 33.7 Å². The van der Waals surface area contributed by atoms with Crippen LogP contribution in [-0.2, 0) is 14.6 Å². The SMILES string of the molecule is CC(C)C1(C(=O)Nc2cccc(S(C)(=O)=O)c2)CCNC1.